The molecule has 6 heteroatoms. The first-order valence-corrected chi connectivity index (χ1v) is 10.8. The van der Waals surface area contributed by atoms with Gasteiger partial charge in [0.25, 0.3) is 0 Å². The van der Waals surface area contributed by atoms with E-state index < -0.39 is 0 Å². The predicted octanol–water partition coefficient (Wildman–Crippen LogP) is 7.05. The van der Waals surface area contributed by atoms with E-state index in [-0.39, 0.29) is 12.2 Å². The lowest BCUT2D eigenvalue weighted by Gasteiger charge is -2.21. The monoisotopic (exact) mass is 664 g/mol. The average molecular weight is 666 g/mol. The molecular formula is C17H16Br2I2O2. The Morgan fingerprint density at radius 2 is 1.22 bits per heavy atom. The maximum atomic E-state index is 6.06. The van der Waals surface area contributed by atoms with Crippen LogP contribution in [-0.2, 0) is 0 Å². The van der Waals surface area contributed by atoms with Crippen molar-refractivity contribution in [2.24, 2.45) is 0 Å². The van der Waals surface area contributed by atoms with Crippen LogP contribution in [0.3, 0.4) is 0 Å². The molecule has 0 aliphatic carbocycles. The molecule has 0 saturated heterocycles. The first kappa shape index (κ1) is 19.8. The zero-order valence-electron chi connectivity index (χ0n) is 12.7. The van der Waals surface area contributed by atoms with Crippen LogP contribution in [0, 0.1) is 7.14 Å². The Kier molecular flexibility index (Phi) is 7.95. The van der Waals surface area contributed by atoms with E-state index in [9.17, 15) is 0 Å². The van der Waals surface area contributed by atoms with Gasteiger partial charge in [-0.2, -0.15) is 0 Å². The lowest BCUT2D eigenvalue weighted by atomic mass is 10.2. The van der Waals surface area contributed by atoms with Gasteiger partial charge in [-0.05, 0) is 115 Å². The van der Waals surface area contributed by atoms with Crippen molar-refractivity contribution in [3.05, 3.63) is 52.5 Å². The summed E-state index contributed by atoms with van der Waals surface area (Å²) in [6.07, 6.45) is 0.945. The Hall–Kier alpha value is 0.460. The Labute approximate surface area is 181 Å². The number of hydrogen-bond donors (Lipinski definition) is 0. The summed E-state index contributed by atoms with van der Waals surface area (Å²) >= 11 is 11.6. The Bertz CT molecular complexity index is 622. The molecule has 2 aromatic carbocycles. The van der Waals surface area contributed by atoms with Crippen LogP contribution >= 0.6 is 77.0 Å². The van der Waals surface area contributed by atoms with Crippen LogP contribution in [0.2, 0.25) is 0 Å². The molecule has 0 amide bonds. The van der Waals surface area contributed by atoms with Crippen molar-refractivity contribution in [3.8, 4) is 11.5 Å². The van der Waals surface area contributed by atoms with E-state index in [0.717, 1.165) is 34.0 Å². The zero-order chi connectivity index (χ0) is 17.0. The average Bonchev–Trinajstić information content (AvgIpc) is 2.48. The molecule has 2 aromatic rings. The van der Waals surface area contributed by atoms with Crippen LogP contribution in [0.5, 0.6) is 11.5 Å². The van der Waals surface area contributed by atoms with Crippen LogP contribution in [0.4, 0.5) is 0 Å². The highest BCUT2D eigenvalue weighted by Gasteiger charge is 2.15. The molecule has 0 aromatic heterocycles. The molecule has 2 atom stereocenters. The van der Waals surface area contributed by atoms with Crippen LogP contribution in [0.1, 0.15) is 20.3 Å². The fourth-order valence-electron chi connectivity index (χ4n) is 2.15. The van der Waals surface area contributed by atoms with Gasteiger partial charge >= 0.3 is 0 Å². The molecule has 0 aliphatic heterocycles. The number of rotatable bonds is 6. The molecule has 23 heavy (non-hydrogen) atoms. The van der Waals surface area contributed by atoms with Gasteiger partial charge in [-0.25, -0.2) is 0 Å². The van der Waals surface area contributed by atoms with Gasteiger partial charge in [0.1, 0.15) is 11.5 Å². The zero-order valence-corrected chi connectivity index (χ0v) is 20.1. The normalized spacial score (nSPS) is 13.5. The number of halogens is 4. The fourth-order valence-corrected chi connectivity index (χ4v) is 3.82. The molecule has 0 unspecified atom stereocenters. The Balaban J connectivity index is 1.96. The van der Waals surface area contributed by atoms with Gasteiger partial charge in [0, 0.05) is 15.4 Å². The second-order valence-corrected chi connectivity index (χ2v) is 9.06. The summed E-state index contributed by atoms with van der Waals surface area (Å²) in [6.45, 7) is 4.14. The van der Waals surface area contributed by atoms with Crippen LogP contribution in [0.25, 0.3) is 0 Å². The van der Waals surface area contributed by atoms with Crippen molar-refractivity contribution >= 4 is 77.0 Å². The van der Waals surface area contributed by atoms with E-state index in [0.29, 0.717) is 0 Å². The van der Waals surface area contributed by atoms with Crippen molar-refractivity contribution in [2.45, 2.75) is 32.5 Å². The second kappa shape index (κ2) is 9.24. The molecular weight excluding hydrogens is 650 g/mol. The van der Waals surface area contributed by atoms with Crippen LogP contribution in [0.15, 0.2) is 45.3 Å². The lowest BCUT2D eigenvalue weighted by molar-refractivity contribution is 0.129. The summed E-state index contributed by atoms with van der Waals surface area (Å²) in [6, 6.07) is 12.0. The van der Waals surface area contributed by atoms with Gasteiger partial charge in [-0.15, -0.1) is 0 Å². The molecule has 124 valence electrons. The molecule has 0 radical (unpaired) electrons. The summed E-state index contributed by atoms with van der Waals surface area (Å²) in [5.41, 5.74) is 0. The molecule has 0 saturated carbocycles. The SMILES string of the molecule is C[C@@H](C[C@H](C)Oc1cccc(Br)c1I)Oc1cccc(Br)c1I. The van der Waals surface area contributed by atoms with Crippen molar-refractivity contribution in [1.82, 2.24) is 0 Å². The molecule has 0 aliphatic rings. The highest BCUT2D eigenvalue weighted by Crippen LogP contribution is 2.31. The van der Waals surface area contributed by atoms with Gasteiger partial charge in [-0.3, -0.25) is 0 Å². The summed E-state index contributed by atoms with van der Waals surface area (Å²) in [5.74, 6) is 1.80. The molecule has 0 spiro atoms. The van der Waals surface area contributed by atoms with Gasteiger partial charge < -0.3 is 9.47 Å². The van der Waals surface area contributed by atoms with E-state index in [1.165, 1.54) is 0 Å². The van der Waals surface area contributed by atoms with Gasteiger partial charge in [-0.1, -0.05) is 12.1 Å². The molecule has 0 bridgehead atoms. The summed E-state index contributed by atoms with van der Waals surface area (Å²) in [5, 5.41) is 0. The number of hydrogen-bond acceptors (Lipinski definition) is 2. The highest BCUT2D eigenvalue weighted by atomic mass is 127. The summed E-state index contributed by atoms with van der Waals surface area (Å²) in [7, 11) is 0. The number of ether oxygens (including phenoxy) is 2. The largest absolute Gasteiger partial charge is 0.489 e. The van der Waals surface area contributed by atoms with E-state index in [2.05, 4.69) is 90.9 Å². The maximum absolute atomic E-state index is 6.06. The van der Waals surface area contributed by atoms with E-state index >= 15 is 0 Å². The van der Waals surface area contributed by atoms with Gasteiger partial charge in [0.2, 0.25) is 0 Å². The Morgan fingerprint density at radius 3 is 1.61 bits per heavy atom. The van der Waals surface area contributed by atoms with Crippen LogP contribution in [-0.4, -0.2) is 12.2 Å². The minimum absolute atomic E-state index is 0.0673. The maximum Gasteiger partial charge on any atom is 0.134 e. The second-order valence-electron chi connectivity index (χ2n) is 5.20. The predicted molar refractivity (Wildman–Crippen MR) is 119 cm³/mol. The first-order valence-electron chi connectivity index (χ1n) is 7.09. The minimum atomic E-state index is 0.0673. The molecule has 0 N–H and O–H groups in total. The van der Waals surface area contributed by atoms with E-state index in [1.54, 1.807) is 0 Å². The Morgan fingerprint density at radius 1 is 0.826 bits per heavy atom. The third-order valence-electron chi connectivity index (χ3n) is 3.15. The molecule has 2 nitrogen and oxygen atoms in total. The highest BCUT2D eigenvalue weighted by molar-refractivity contribution is 14.1. The van der Waals surface area contributed by atoms with Crippen molar-refractivity contribution in [2.75, 3.05) is 0 Å². The van der Waals surface area contributed by atoms with Crippen molar-refractivity contribution < 1.29 is 9.47 Å². The van der Waals surface area contributed by atoms with E-state index in [4.69, 9.17) is 9.47 Å². The van der Waals surface area contributed by atoms with Crippen LogP contribution < -0.4 is 9.47 Å². The quantitative estimate of drug-likeness (QED) is 0.308. The number of benzene rings is 2. The summed E-state index contributed by atoms with van der Waals surface area (Å²) in [4.78, 5) is 0. The first-order chi connectivity index (χ1) is 10.9. The lowest BCUT2D eigenvalue weighted by Crippen LogP contribution is -2.23. The fraction of sp³-hybridized carbons (Fsp3) is 0.294. The topological polar surface area (TPSA) is 18.5 Å². The molecule has 0 heterocycles. The molecule has 0 fully saturated rings. The van der Waals surface area contributed by atoms with Gasteiger partial charge in [0.05, 0.1) is 19.3 Å². The summed E-state index contributed by atoms with van der Waals surface area (Å²) < 4.78 is 16.4. The van der Waals surface area contributed by atoms with Crippen molar-refractivity contribution in [1.29, 1.82) is 0 Å². The smallest absolute Gasteiger partial charge is 0.134 e. The third-order valence-corrected chi connectivity index (χ3v) is 8.18. The molecule has 2 rings (SSSR count). The standard InChI is InChI=1S/C17H16Br2I2O2/c1-10(22-14-7-3-5-12(18)16(14)20)9-11(2)23-15-8-4-6-13(19)17(15)21/h3-8,10-11H,9H2,1-2H3/t10-,11-/m0/s1. The van der Waals surface area contributed by atoms with Crippen molar-refractivity contribution in [3.63, 3.8) is 0 Å². The van der Waals surface area contributed by atoms with Gasteiger partial charge in [0.15, 0.2) is 0 Å². The minimum Gasteiger partial charge on any atom is -0.489 e. The third kappa shape index (κ3) is 5.74. The van der Waals surface area contributed by atoms with E-state index in [1.807, 2.05) is 36.4 Å².